The Balaban J connectivity index is 1.49. The van der Waals surface area contributed by atoms with E-state index in [-0.39, 0.29) is 23.4 Å². The molecule has 1 aromatic heterocycles. The molecule has 0 aliphatic carbocycles. The Morgan fingerprint density at radius 1 is 0.935 bits per heavy atom. The van der Waals surface area contributed by atoms with Gasteiger partial charge in [0.1, 0.15) is 23.1 Å². The molecule has 0 saturated heterocycles. The zero-order chi connectivity index (χ0) is 21.2. The summed E-state index contributed by atoms with van der Waals surface area (Å²) in [6.45, 7) is 0.761. The molecular formula is C26H22FNO3. The first-order valence-electron chi connectivity index (χ1n) is 10.2. The first-order chi connectivity index (χ1) is 15.2. The van der Waals surface area contributed by atoms with E-state index in [1.807, 2.05) is 71.6 Å². The molecule has 0 fully saturated rings. The lowest BCUT2D eigenvalue weighted by Gasteiger charge is -2.34. The molecule has 0 bridgehead atoms. The molecule has 0 spiro atoms. The minimum atomic E-state index is -0.241. The van der Waals surface area contributed by atoms with Crippen LogP contribution in [0, 0.1) is 5.82 Å². The van der Waals surface area contributed by atoms with Gasteiger partial charge in [0.15, 0.2) is 6.73 Å². The molecule has 1 aliphatic heterocycles. The summed E-state index contributed by atoms with van der Waals surface area (Å²) in [4.78, 5) is 0. The summed E-state index contributed by atoms with van der Waals surface area (Å²) >= 11 is 0. The van der Waals surface area contributed by atoms with Crippen molar-refractivity contribution in [3.05, 3.63) is 114 Å². The molecule has 1 N–H and O–H groups in total. The van der Waals surface area contributed by atoms with Gasteiger partial charge in [0.05, 0.1) is 6.61 Å². The largest absolute Gasteiger partial charge is 0.508 e. The van der Waals surface area contributed by atoms with Crippen molar-refractivity contribution >= 4 is 0 Å². The average molecular weight is 415 g/mol. The predicted octanol–water partition coefficient (Wildman–Crippen LogP) is 5.68. The molecule has 5 rings (SSSR count). The van der Waals surface area contributed by atoms with Crippen molar-refractivity contribution in [1.29, 1.82) is 0 Å². The summed E-state index contributed by atoms with van der Waals surface area (Å²) in [5, 5.41) is 9.89. The van der Waals surface area contributed by atoms with Crippen LogP contribution in [0.5, 0.6) is 17.2 Å². The highest BCUT2D eigenvalue weighted by molar-refractivity contribution is 5.51. The monoisotopic (exact) mass is 415 g/mol. The van der Waals surface area contributed by atoms with E-state index in [2.05, 4.69) is 0 Å². The Morgan fingerprint density at radius 2 is 1.71 bits per heavy atom. The summed E-state index contributed by atoms with van der Waals surface area (Å²) in [6.07, 6.45) is 3.89. The number of benzene rings is 3. The highest BCUT2D eigenvalue weighted by Crippen LogP contribution is 2.47. The molecule has 31 heavy (non-hydrogen) atoms. The number of rotatable bonds is 5. The molecule has 156 valence electrons. The minimum Gasteiger partial charge on any atom is -0.508 e. The molecule has 0 saturated carbocycles. The van der Waals surface area contributed by atoms with Crippen LogP contribution in [0.2, 0.25) is 0 Å². The van der Waals surface area contributed by atoms with Crippen molar-refractivity contribution in [3.63, 3.8) is 0 Å². The number of aromatic nitrogens is 1. The van der Waals surface area contributed by atoms with Gasteiger partial charge in [-0.1, -0.05) is 36.4 Å². The van der Waals surface area contributed by atoms with E-state index in [1.165, 1.54) is 6.07 Å². The number of hydrogen-bond donors (Lipinski definition) is 1. The third kappa shape index (κ3) is 3.87. The summed E-state index contributed by atoms with van der Waals surface area (Å²) in [7, 11) is 0. The smallest absolute Gasteiger partial charge is 0.164 e. The number of nitrogens with zero attached hydrogens (tertiary/aromatic N) is 1. The standard InChI is InChI=1S/C26H22FNO3/c27-24-6-2-1-5-21(24)23-16-30-25-15-19(29)9-12-22(25)26(23)18-7-10-20(11-8-18)31-17-28-13-3-4-14-28/h1-15,23,26,29H,16-17H2. The van der Waals surface area contributed by atoms with Crippen LogP contribution < -0.4 is 9.47 Å². The molecule has 1 aliphatic rings. The highest BCUT2D eigenvalue weighted by Gasteiger charge is 2.35. The maximum absolute atomic E-state index is 14.7. The molecule has 0 radical (unpaired) electrons. The SMILES string of the molecule is Oc1ccc2c(c1)OCC(c1ccccc1F)C2c1ccc(OCn2cccc2)cc1. The number of fused-ring (bicyclic) bond motifs is 1. The van der Waals surface area contributed by atoms with Crippen LogP contribution in [0.3, 0.4) is 0 Å². The van der Waals surface area contributed by atoms with E-state index in [0.717, 1.165) is 16.9 Å². The van der Waals surface area contributed by atoms with Crippen LogP contribution >= 0.6 is 0 Å². The first-order valence-corrected chi connectivity index (χ1v) is 10.2. The van der Waals surface area contributed by atoms with E-state index >= 15 is 0 Å². The van der Waals surface area contributed by atoms with Gasteiger partial charge in [-0.25, -0.2) is 4.39 Å². The maximum Gasteiger partial charge on any atom is 0.164 e. The molecule has 2 unspecified atom stereocenters. The lowest BCUT2D eigenvalue weighted by molar-refractivity contribution is 0.236. The van der Waals surface area contributed by atoms with Gasteiger partial charge in [0, 0.05) is 35.9 Å². The fraction of sp³-hybridized carbons (Fsp3) is 0.154. The molecule has 2 heterocycles. The van der Waals surface area contributed by atoms with Gasteiger partial charge >= 0.3 is 0 Å². The van der Waals surface area contributed by atoms with Crippen molar-refractivity contribution in [1.82, 2.24) is 4.57 Å². The minimum absolute atomic E-state index is 0.111. The molecule has 0 amide bonds. The quantitative estimate of drug-likeness (QED) is 0.456. The maximum atomic E-state index is 14.7. The van der Waals surface area contributed by atoms with E-state index in [0.29, 0.717) is 24.7 Å². The number of ether oxygens (including phenoxy) is 2. The third-order valence-electron chi connectivity index (χ3n) is 5.74. The van der Waals surface area contributed by atoms with E-state index in [4.69, 9.17) is 9.47 Å². The van der Waals surface area contributed by atoms with Crippen molar-refractivity contribution < 1.29 is 19.0 Å². The lowest BCUT2D eigenvalue weighted by Crippen LogP contribution is -2.26. The number of phenolic OH excluding ortho intramolecular Hbond substituents is 1. The van der Waals surface area contributed by atoms with Gasteiger partial charge in [0.2, 0.25) is 0 Å². The van der Waals surface area contributed by atoms with E-state index < -0.39 is 0 Å². The Hall–Kier alpha value is -3.73. The van der Waals surface area contributed by atoms with Gasteiger partial charge in [-0.2, -0.15) is 0 Å². The second kappa shape index (κ2) is 8.19. The van der Waals surface area contributed by atoms with Gasteiger partial charge in [0.25, 0.3) is 0 Å². The lowest BCUT2D eigenvalue weighted by atomic mass is 9.75. The van der Waals surface area contributed by atoms with Crippen LogP contribution in [-0.4, -0.2) is 16.3 Å². The summed E-state index contributed by atoms with van der Waals surface area (Å²) in [5.41, 5.74) is 2.59. The van der Waals surface area contributed by atoms with Crippen LogP contribution in [0.4, 0.5) is 4.39 Å². The molecule has 4 aromatic rings. The molecule has 3 aromatic carbocycles. The Bertz CT molecular complexity index is 1170. The van der Waals surface area contributed by atoms with Crippen molar-refractivity contribution in [3.8, 4) is 17.2 Å². The van der Waals surface area contributed by atoms with Gasteiger partial charge in [-0.05, 0) is 47.5 Å². The van der Waals surface area contributed by atoms with Crippen LogP contribution in [0.15, 0.2) is 91.3 Å². The summed E-state index contributed by atoms with van der Waals surface area (Å²) in [5.74, 6) is 0.999. The van der Waals surface area contributed by atoms with Crippen LogP contribution in [-0.2, 0) is 6.73 Å². The zero-order valence-corrected chi connectivity index (χ0v) is 16.8. The molecule has 4 nitrogen and oxygen atoms in total. The van der Waals surface area contributed by atoms with Crippen molar-refractivity contribution in [2.75, 3.05) is 6.61 Å². The van der Waals surface area contributed by atoms with Crippen LogP contribution in [0.25, 0.3) is 0 Å². The Kier molecular flexibility index (Phi) is 5.08. The second-order valence-corrected chi connectivity index (χ2v) is 7.68. The Morgan fingerprint density at radius 3 is 2.48 bits per heavy atom. The molecule has 5 heteroatoms. The zero-order valence-electron chi connectivity index (χ0n) is 16.8. The van der Waals surface area contributed by atoms with E-state index in [1.54, 1.807) is 18.2 Å². The summed E-state index contributed by atoms with van der Waals surface area (Å²) < 4.78 is 28.4. The van der Waals surface area contributed by atoms with Crippen molar-refractivity contribution in [2.24, 2.45) is 0 Å². The average Bonchev–Trinajstić information content (AvgIpc) is 3.31. The van der Waals surface area contributed by atoms with E-state index in [9.17, 15) is 9.50 Å². The number of aromatic hydroxyl groups is 1. The predicted molar refractivity (Wildman–Crippen MR) is 116 cm³/mol. The molecular weight excluding hydrogens is 393 g/mol. The Labute approximate surface area is 180 Å². The third-order valence-corrected chi connectivity index (χ3v) is 5.74. The van der Waals surface area contributed by atoms with Gasteiger partial charge in [-0.3, -0.25) is 0 Å². The fourth-order valence-electron chi connectivity index (χ4n) is 4.23. The van der Waals surface area contributed by atoms with Crippen molar-refractivity contribution in [2.45, 2.75) is 18.6 Å². The topological polar surface area (TPSA) is 43.6 Å². The highest BCUT2D eigenvalue weighted by atomic mass is 19.1. The number of halogens is 1. The van der Waals surface area contributed by atoms with Gasteiger partial charge in [-0.15, -0.1) is 0 Å². The number of hydrogen-bond acceptors (Lipinski definition) is 3. The molecule has 2 atom stereocenters. The normalized spacial score (nSPS) is 17.6. The number of phenols is 1. The fourth-order valence-corrected chi connectivity index (χ4v) is 4.23. The summed E-state index contributed by atoms with van der Waals surface area (Å²) in [6, 6.07) is 23.8. The van der Waals surface area contributed by atoms with Gasteiger partial charge < -0.3 is 19.1 Å². The van der Waals surface area contributed by atoms with Crippen LogP contribution in [0.1, 0.15) is 28.5 Å². The second-order valence-electron chi connectivity index (χ2n) is 7.68. The first kappa shape index (κ1) is 19.2.